The van der Waals surface area contributed by atoms with E-state index in [9.17, 15) is 31.6 Å². The molecule has 0 fully saturated rings. The summed E-state index contributed by atoms with van der Waals surface area (Å²) < 4.78 is 0. The van der Waals surface area contributed by atoms with Gasteiger partial charge in [-0.25, -0.2) is 0 Å². The monoisotopic (exact) mass is 462 g/mol. The first-order valence-corrected chi connectivity index (χ1v) is 11.3. The number of rotatable bonds is 6. The van der Waals surface area contributed by atoms with Gasteiger partial charge in [0, 0.05) is 0 Å². The summed E-state index contributed by atoms with van der Waals surface area (Å²) in [5, 5.41) is 64.2. The highest BCUT2D eigenvalue weighted by Gasteiger charge is 2.44. The molecule has 0 aromatic heterocycles. The third-order valence-corrected chi connectivity index (χ3v) is 6.84. The largest absolute Gasteiger partial charge is 0.228 e. The SMILES string of the molecule is N#CC(CCCC(C#N)(C#N)C#N)C(C#N)(C#N)c1cccc2c3ccccc3c3ccccc3c12. The molecule has 0 aliphatic heterocycles. The number of nitriles is 6. The smallest absolute Gasteiger partial charge is 0.198 e. The molecular weight excluding hydrogens is 444 g/mol. The summed E-state index contributed by atoms with van der Waals surface area (Å²) in [6.07, 6.45) is 0.156. The molecule has 4 aromatic rings. The summed E-state index contributed by atoms with van der Waals surface area (Å²) in [5.74, 6) is -1.04. The number of hydrogen-bond donors (Lipinski definition) is 0. The van der Waals surface area contributed by atoms with Gasteiger partial charge in [0.15, 0.2) is 5.41 Å². The van der Waals surface area contributed by atoms with Gasteiger partial charge in [0.05, 0.1) is 24.1 Å². The van der Waals surface area contributed by atoms with E-state index in [1.807, 2.05) is 54.6 Å². The quantitative estimate of drug-likeness (QED) is 0.308. The van der Waals surface area contributed by atoms with E-state index >= 15 is 0 Å². The van der Waals surface area contributed by atoms with E-state index in [-0.39, 0.29) is 19.3 Å². The van der Waals surface area contributed by atoms with Crippen LogP contribution in [0.1, 0.15) is 24.8 Å². The lowest BCUT2D eigenvalue weighted by Gasteiger charge is -2.27. The zero-order valence-corrected chi connectivity index (χ0v) is 19.2. The fraction of sp³-hybridized carbons (Fsp3) is 0.200. The summed E-state index contributed by atoms with van der Waals surface area (Å²) in [7, 11) is 0. The zero-order chi connectivity index (χ0) is 25.8. The number of fused-ring (bicyclic) bond motifs is 6. The third kappa shape index (κ3) is 3.53. The topological polar surface area (TPSA) is 143 Å². The van der Waals surface area contributed by atoms with Crippen molar-refractivity contribution < 1.29 is 0 Å². The zero-order valence-electron chi connectivity index (χ0n) is 19.2. The summed E-state index contributed by atoms with van der Waals surface area (Å²) in [6.45, 7) is 0. The third-order valence-electron chi connectivity index (χ3n) is 6.84. The highest BCUT2D eigenvalue weighted by atomic mass is 14.5. The van der Waals surface area contributed by atoms with Gasteiger partial charge in [-0.05, 0) is 57.1 Å². The Morgan fingerprint density at radius 3 is 1.53 bits per heavy atom. The van der Waals surface area contributed by atoms with Crippen LogP contribution in [-0.2, 0) is 5.41 Å². The summed E-state index contributed by atoms with van der Waals surface area (Å²) >= 11 is 0. The van der Waals surface area contributed by atoms with Gasteiger partial charge in [0.2, 0.25) is 5.41 Å². The predicted octanol–water partition coefficient (Wildman–Crippen LogP) is 6.30. The molecule has 0 amide bonds. The Labute approximate surface area is 208 Å². The van der Waals surface area contributed by atoms with Gasteiger partial charge < -0.3 is 0 Å². The molecule has 0 radical (unpaired) electrons. The lowest BCUT2D eigenvalue weighted by molar-refractivity contribution is 0.432. The molecule has 0 saturated heterocycles. The Morgan fingerprint density at radius 1 is 0.583 bits per heavy atom. The van der Waals surface area contributed by atoms with Crippen LogP contribution >= 0.6 is 0 Å². The molecule has 36 heavy (non-hydrogen) atoms. The molecule has 1 unspecified atom stereocenters. The normalized spacial score (nSPS) is 11.9. The molecule has 1 atom stereocenters. The van der Waals surface area contributed by atoms with Crippen LogP contribution in [0.5, 0.6) is 0 Å². The van der Waals surface area contributed by atoms with Gasteiger partial charge in [0.1, 0.15) is 18.2 Å². The summed E-state index contributed by atoms with van der Waals surface area (Å²) in [6, 6.07) is 32.8. The van der Waals surface area contributed by atoms with E-state index in [1.54, 1.807) is 30.3 Å². The predicted molar refractivity (Wildman–Crippen MR) is 134 cm³/mol. The molecule has 0 saturated carbocycles. The molecule has 6 heteroatoms. The second-order valence-corrected chi connectivity index (χ2v) is 8.67. The Kier molecular flexibility index (Phi) is 6.24. The van der Waals surface area contributed by atoms with Crippen molar-refractivity contribution in [2.45, 2.75) is 24.7 Å². The average Bonchev–Trinajstić information content (AvgIpc) is 2.95. The molecule has 168 valence electrons. The summed E-state index contributed by atoms with van der Waals surface area (Å²) in [5.41, 5.74) is -3.17. The second kappa shape index (κ2) is 9.46. The van der Waals surface area contributed by atoms with Crippen molar-refractivity contribution in [3.8, 4) is 36.4 Å². The molecule has 0 aliphatic rings. The van der Waals surface area contributed by atoms with Crippen LogP contribution in [0.25, 0.3) is 32.3 Å². The van der Waals surface area contributed by atoms with Gasteiger partial charge >= 0.3 is 0 Å². The molecule has 4 aromatic carbocycles. The van der Waals surface area contributed by atoms with Crippen molar-refractivity contribution in [2.24, 2.45) is 11.3 Å². The fourth-order valence-electron chi connectivity index (χ4n) is 4.97. The molecule has 0 heterocycles. The lowest BCUT2D eigenvalue weighted by Crippen LogP contribution is -2.32. The van der Waals surface area contributed by atoms with Crippen LogP contribution in [-0.4, -0.2) is 0 Å². The van der Waals surface area contributed by atoms with E-state index in [0.717, 1.165) is 32.3 Å². The van der Waals surface area contributed by atoms with E-state index in [4.69, 9.17) is 0 Å². The van der Waals surface area contributed by atoms with Gasteiger partial charge in [-0.3, -0.25) is 0 Å². The van der Waals surface area contributed by atoms with Crippen LogP contribution < -0.4 is 0 Å². The Bertz CT molecular complexity index is 1660. The number of benzene rings is 4. The minimum Gasteiger partial charge on any atom is -0.198 e. The summed E-state index contributed by atoms with van der Waals surface area (Å²) in [4.78, 5) is 0. The lowest BCUT2D eigenvalue weighted by atomic mass is 9.68. The highest BCUT2D eigenvalue weighted by Crippen LogP contribution is 2.44. The minimum atomic E-state index is -1.82. The first kappa shape index (κ1) is 23.7. The molecule has 0 aliphatic carbocycles. The Morgan fingerprint density at radius 2 is 1.06 bits per heavy atom. The van der Waals surface area contributed by atoms with Crippen LogP contribution in [0.15, 0.2) is 66.7 Å². The standard InChI is InChI=1S/C30H18N6/c31-15-21(7-6-14-29(16-32,17-33)18-34)30(19-35,20-36)27-13-5-12-26-24-9-2-1-8-22(24)23-10-3-4-11-25(23)28(26)27/h1-5,8-13,21H,6-7,14H2. The van der Waals surface area contributed by atoms with Crippen LogP contribution in [0.4, 0.5) is 0 Å². The van der Waals surface area contributed by atoms with Crippen molar-refractivity contribution >= 4 is 32.3 Å². The molecule has 4 rings (SSSR count). The van der Waals surface area contributed by atoms with E-state index in [1.165, 1.54) is 0 Å². The number of nitrogens with zero attached hydrogens (tertiary/aromatic N) is 6. The van der Waals surface area contributed by atoms with Crippen LogP contribution in [0.3, 0.4) is 0 Å². The Balaban J connectivity index is 1.94. The minimum absolute atomic E-state index is 0.0757. The molecule has 0 spiro atoms. The highest BCUT2D eigenvalue weighted by molar-refractivity contribution is 6.26. The van der Waals surface area contributed by atoms with Gasteiger partial charge in [0.25, 0.3) is 0 Å². The average molecular weight is 463 g/mol. The molecular formula is C30H18N6. The maximum absolute atomic E-state index is 10.4. The van der Waals surface area contributed by atoms with Gasteiger partial charge in [-0.15, -0.1) is 0 Å². The van der Waals surface area contributed by atoms with Crippen molar-refractivity contribution in [1.29, 1.82) is 31.6 Å². The first-order chi connectivity index (χ1) is 17.5. The first-order valence-electron chi connectivity index (χ1n) is 11.3. The maximum Gasteiger partial charge on any atom is 0.228 e. The van der Waals surface area contributed by atoms with Gasteiger partial charge in [-0.1, -0.05) is 66.7 Å². The van der Waals surface area contributed by atoms with Crippen molar-refractivity contribution in [3.05, 3.63) is 72.3 Å². The van der Waals surface area contributed by atoms with E-state index in [0.29, 0.717) is 5.56 Å². The van der Waals surface area contributed by atoms with Gasteiger partial charge in [-0.2, -0.15) is 31.6 Å². The fourth-order valence-corrected chi connectivity index (χ4v) is 4.97. The van der Waals surface area contributed by atoms with Crippen LogP contribution in [0, 0.1) is 79.3 Å². The molecule has 0 bridgehead atoms. The second-order valence-electron chi connectivity index (χ2n) is 8.67. The Hall–Kier alpha value is -5.40. The molecule has 6 nitrogen and oxygen atoms in total. The maximum atomic E-state index is 10.4. The molecule has 0 N–H and O–H groups in total. The van der Waals surface area contributed by atoms with E-state index < -0.39 is 16.7 Å². The van der Waals surface area contributed by atoms with Crippen molar-refractivity contribution in [2.75, 3.05) is 0 Å². The van der Waals surface area contributed by atoms with Crippen molar-refractivity contribution in [3.63, 3.8) is 0 Å². The van der Waals surface area contributed by atoms with Crippen molar-refractivity contribution in [1.82, 2.24) is 0 Å². The number of hydrogen-bond acceptors (Lipinski definition) is 6. The van der Waals surface area contributed by atoms with E-state index in [2.05, 4.69) is 18.2 Å². The van der Waals surface area contributed by atoms with Crippen LogP contribution in [0.2, 0.25) is 0 Å².